The second-order valence-corrected chi connectivity index (χ2v) is 4.25. The van der Waals surface area contributed by atoms with Gasteiger partial charge in [-0.15, -0.1) is 0 Å². The molecule has 1 aromatic carbocycles. The molecular weight excluding hydrogens is 200 g/mol. The molecule has 0 aliphatic carbocycles. The number of hydrogen-bond donors (Lipinski definition) is 0. The molecule has 0 saturated carbocycles. The van der Waals surface area contributed by atoms with Crippen molar-refractivity contribution in [2.24, 2.45) is 5.92 Å². The Hall–Kier alpha value is -1.82. The standard InChI is InChI=1S/C13H14N2O/c1-9-4-3-5-12(10(9)2)15-7-11(6-14)13(16)8-15/h3-5,11H,7-8H2,1-2H3/t11-/m1/s1. The Balaban J connectivity index is 2.31. The average molecular weight is 214 g/mol. The summed E-state index contributed by atoms with van der Waals surface area (Å²) in [6.45, 7) is 5.00. The SMILES string of the molecule is Cc1cccc(N2CC(=O)[C@H](C#N)C2)c1C. The van der Waals surface area contributed by atoms with Crippen LogP contribution in [0.3, 0.4) is 0 Å². The zero-order chi connectivity index (χ0) is 11.7. The van der Waals surface area contributed by atoms with Crippen LogP contribution in [0.2, 0.25) is 0 Å². The number of rotatable bonds is 1. The van der Waals surface area contributed by atoms with Gasteiger partial charge in [-0.05, 0) is 31.0 Å². The molecule has 1 heterocycles. The van der Waals surface area contributed by atoms with Gasteiger partial charge < -0.3 is 4.90 Å². The summed E-state index contributed by atoms with van der Waals surface area (Å²) in [5, 5.41) is 8.83. The van der Waals surface area contributed by atoms with Gasteiger partial charge in [0.15, 0.2) is 5.78 Å². The molecule has 82 valence electrons. The maximum Gasteiger partial charge on any atom is 0.170 e. The van der Waals surface area contributed by atoms with Gasteiger partial charge in [0.05, 0.1) is 12.6 Å². The van der Waals surface area contributed by atoms with Gasteiger partial charge in [-0.3, -0.25) is 4.79 Å². The molecule has 1 atom stereocenters. The third kappa shape index (κ3) is 1.67. The Kier molecular flexibility index (Phi) is 2.66. The van der Waals surface area contributed by atoms with E-state index in [1.807, 2.05) is 17.0 Å². The fourth-order valence-corrected chi connectivity index (χ4v) is 2.06. The monoisotopic (exact) mass is 214 g/mol. The van der Waals surface area contributed by atoms with E-state index in [1.54, 1.807) is 0 Å². The highest BCUT2D eigenvalue weighted by Gasteiger charge is 2.31. The van der Waals surface area contributed by atoms with E-state index < -0.39 is 5.92 Å². The van der Waals surface area contributed by atoms with Crippen molar-refractivity contribution in [2.75, 3.05) is 18.0 Å². The Bertz CT molecular complexity index is 473. The third-order valence-electron chi connectivity index (χ3n) is 3.21. The molecule has 1 aliphatic heterocycles. The Morgan fingerprint density at radius 1 is 1.44 bits per heavy atom. The number of ketones is 1. The molecule has 16 heavy (non-hydrogen) atoms. The van der Waals surface area contributed by atoms with E-state index in [2.05, 4.69) is 26.0 Å². The lowest BCUT2D eigenvalue weighted by atomic mass is 10.1. The fourth-order valence-electron chi connectivity index (χ4n) is 2.06. The predicted octanol–water partition coefficient (Wildman–Crippen LogP) is 1.83. The lowest BCUT2D eigenvalue weighted by molar-refractivity contribution is -0.118. The van der Waals surface area contributed by atoms with E-state index in [0.717, 1.165) is 5.69 Å². The van der Waals surface area contributed by atoms with Crippen LogP contribution >= 0.6 is 0 Å². The van der Waals surface area contributed by atoms with Crippen LogP contribution in [-0.4, -0.2) is 18.9 Å². The first kappa shape index (κ1) is 10.7. The number of carbonyl (C=O) groups is 1. The van der Waals surface area contributed by atoms with Crippen molar-refractivity contribution in [3.8, 4) is 6.07 Å². The first-order valence-corrected chi connectivity index (χ1v) is 5.37. The number of nitriles is 1. The average Bonchev–Trinajstić information content (AvgIpc) is 2.63. The minimum absolute atomic E-state index is 0.0309. The molecule has 1 aromatic rings. The maximum absolute atomic E-state index is 11.5. The van der Waals surface area contributed by atoms with Crippen molar-refractivity contribution < 1.29 is 4.79 Å². The topological polar surface area (TPSA) is 44.1 Å². The normalized spacial score (nSPS) is 19.9. The molecule has 1 saturated heterocycles. The van der Waals surface area contributed by atoms with E-state index in [1.165, 1.54) is 11.1 Å². The van der Waals surface area contributed by atoms with Crippen molar-refractivity contribution in [1.82, 2.24) is 0 Å². The lowest BCUT2D eigenvalue weighted by Gasteiger charge is -2.20. The largest absolute Gasteiger partial charge is 0.362 e. The molecule has 0 unspecified atom stereocenters. The minimum atomic E-state index is -0.458. The number of hydrogen-bond acceptors (Lipinski definition) is 3. The number of Topliss-reactive ketones (excluding diaryl/α,β-unsaturated/α-hetero) is 1. The van der Waals surface area contributed by atoms with E-state index in [9.17, 15) is 4.79 Å². The highest BCUT2D eigenvalue weighted by Crippen LogP contribution is 2.26. The van der Waals surface area contributed by atoms with Crippen molar-refractivity contribution in [3.05, 3.63) is 29.3 Å². The van der Waals surface area contributed by atoms with Crippen molar-refractivity contribution in [2.45, 2.75) is 13.8 Å². The van der Waals surface area contributed by atoms with E-state index in [0.29, 0.717) is 13.1 Å². The van der Waals surface area contributed by atoms with Gasteiger partial charge in [-0.25, -0.2) is 0 Å². The molecule has 1 aliphatic rings. The molecule has 2 rings (SSSR count). The van der Waals surface area contributed by atoms with Crippen LogP contribution < -0.4 is 4.90 Å². The van der Waals surface area contributed by atoms with E-state index in [4.69, 9.17) is 5.26 Å². The number of carbonyl (C=O) groups excluding carboxylic acids is 1. The molecule has 0 radical (unpaired) electrons. The van der Waals surface area contributed by atoms with Crippen LogP contribution in [0.15, 0.2) is 18.2 Å². The third-order valence-corrected chi connectivity index (χ3v) is 3.21. The van der Waals surface area contributed by atoms with Gasteiger partial charge in [0, 0.05) is 12.2 Å². The number of benzene rings is 1. The molecule has 1 fully saturated rings. The summed E-state index contributed by atoms with van der Waals surface area (Å²) < 4.78 is 0. The second kappa shape index (κ2) is 3.97. The summed E-state index contributed by atoms with van der Waals surface area (Å²) in [6, 6.07) is 8.11. The van der Waals surface area contributed by atoms with Gasteiger partial charge in [-0.2, -0.15) is 5.26 Å². The molecule has 0 spiro atoms. The van der Waals surface area contributed by atoms with Gasteiger partial charge in [0.2, 0.25) is 0 Å². The smallest absolute Gasteiger partial charge is 0.170 e. The zero-order valence-corrected chi connectivity index (χ0v) is 9.53. The molecule has 0 N–H and O–H groups in total. The van der Waals surface area contributed by atoms with Crippen LogP contribution in [-0.2, 0) is 4.79 Å². The summed E-state index contributed by atoms with van der Waals surface area (Å²) in [5.74, 6) is -0.427. The number of nitrogens with zero attached hydrogens (tertiary/aromatic N) is 2. The molecule has 3 heteroatoms. The van der Waals surface area contributed by atoms with Gasteiger partial charge in [0.25, 0.3) is 0 Å². The second-order valence-electron chi connectivity index (χ2n) is 4.25. The summed E-state index contributed by atoms with van der Waals surface area (Å²) in [4.78, 5) is 13.5. The first-order chi connectivity index (χ1) is 7.63. The van der Waals surface area contributed by atoms with Crippen LogP contribution in [0.4, 0.5) is 5.69 Å². The van der Waals surface area contributed by atoms with Crippen LogP contribution in [0.25, 0.3) is 0 Å². The molecule has 0 amide bonds. The van der Waals surface area contributed by atoms with Crippen molar-refractivity contribution in [3.63, 3.8) is 0 Å². The number of anilines is 1. The molecule has 0 bridgehead atoms. The van der Waals surface area contributed by atoms with Crippen molar-refractivity contribution in [1.29, 1.82) is 5.26 Å². The minimum Gasteiger partial charge on any atom is -0.362 e. The summed E-state index contributed by atoms with van der Waals surface area (Å²) in [7, 11) is 0. The van der Waals surface area contributed by atoms with Crippen LogP contribution in [0, 0.1) is 31.1 Å². The highest BCUT2D eigenvalue weighted by molar-refractivity contribution is 5.91. The molecular formula is C13H14N2O. The summed E-state index contributed by atoms with van der Waals surface area (Å²) >= 11 is 0. The summed E-state index contributed by atoms with van der Waals surface area (Å²) in [6.07, 6.45) is 0. The fraction of sp³-hybridized carbons (Fsp3) is 0.385. The predicted molar refractivity (Wildman–Crippen MR) is 62.2 cm³/mol. The van der Waals surface area contributed by atoms with Gasteiger partial charge in [0.1, 0.15) is 5.92 Å². The quantitative estimate of drug-likeness (QED) is 0.716. The Morgan fingerprint density at radius 3 is 2.81 bits per heavy atom. The Morgan fingerprint density at radius 2 is 2.19 bits per heavy atom. The van der Waals surface area contributed by atoms with Crippen molar-refractivity contribution >= 4 is 11.5 Å². The van der Waals surface area contributed by atoms with Crippen LogP contribution in [0.1, 0.15) is 11.1 Å². The van der Waals surface area contributed by atoms with E-state index >= 15 is 0 Å². The first-order valence-electron chi connectivity index (χ1n) is 5.37. The lowest BCUT2D eigenvalue weighted by Crippen LogP contribution is -2.21. The zero-order valence-electron chi connectivity index (χ0n) is 9.53. The van der Waals surface area contributed by atoms with Gasteiger partial charge in [-0.1, -0.05) is 12.1 Å². The van der Waals surface area contributed by atoms with Crippen LogP contribution in [0.5, 0.6) is 0 Å². The van der Waals surface area contributed by atoms with Gasteiger partial charge >= 0.3 is 0 Å². The number of aryl methyl sites for hydroxylation is 1. The highest BCUT2D eigenvalue weighted by atomic mass is 16.1. The summed E-state index contributed by atoms with van der Waals surface area (Å²) in [5.41, 5.74) is 3.48. The molecule has 0 aromatic heterocycles. The molecule has 3 nitrogen and oxygen atoms in total. The van der Waals surface area contributed by atoms with E-state index in [-0.39, 0.29) is 5.78 Å². The Labute approximate surface area is 95.3 Å². The maximum atomic E-state index is 11.5.